The number of phenols is 1. The maximum Gasteiger partial charge on any atom is 0.166 e. The molecule has 0 aliphatic carbocycles. The highest BCUT2D eigenvalue weighted by atomic mass is 35.5. The summed E-state index contributed by atoms with van der Waals surface area (Å²) in [5.74, 6) is 1.37. The molecule has 0 radical (unpaired) electrons. The Kier molecular flexibility index (Phi) is 4.71. The molecular weight excluding hydrogens is 278 g/mol. The highest BCUT2D eigenvalue weighted by Crippen LogP contribution is 2.35. The Hall–Kier alpha value is -1.91. The molecular formula is C15H16ClNO3. The standard InChI is InChI=1S/C15H16ClNO3/c1-19-14-7-12(16)6-11(8-17)15(14)20-9-10-2-4-13(18)5-3-10/h2-7,18H,8-9,17H2,1H3. The van der Waals surface area contributed by atoms with Gasteiger partial charge in [0.15, 0.2) is 11.5 Å². The highest BCUT2D eigenvalue weighted by molar-refractivity contribution is 6.30. The van der Waals surface area contributed by atoms with Crippen molar-refractivity contribution in [3.05, 3.63) is 52.5 Å². The van der Waals surface area contributed by atoms with Crippen LogP contribution in [0.15, 0.2) is 36.4 Å². The molecule has 20 heavy (non-hydrogen) atoms. The molecule has 0 aliphatic heterocycles. The Bertz CT molecular complexity index is 559. The van der Waals surface area contributed by atoms with Gasteiger partial charge >= 0.3 is 0 Å². The lowest BCUT2D eigenvalue weighted by atomic mass is 10.2. The highest BCUT2D eigenvalue weighted by Gasteiger charge is 2.12. The first kappa shape index (κ1) is 14.5. The van der Waals surface area contributed by atoms with Crippen LogP contribution in [0.2, 0.25) is 5.02 Å². The van der Waals surface area contributed by atoms with E-state index in [0.29, 0.717) is 29.7 Å². The van der Waals surface area contributed by atoms with E-state index in [9.17, 15) is 5.11 Å². The van der Waals surface area contributed by atoms with Crippen molar-refractivity contribution in [1.29, 1.82) is 0 Å². The first-order valence-electron chi connectivity index (χ1n) is 6.11. The van der Waals surface area contributed by atoms with Gasteiger partial charge in [-0.25, -0.2) is 0 Å². The van der Waals surface area contributed by atoms with E-state index in [1.807, 2.05) is 0 Å². The van der Waals surface area contributed by atoms with Gasteiger partial charge in [0.2, 0.25) is 0 Å². The van der Waals surface area contributed by atoms with Gasteiger partial charge in [0, 0.05) is 23.2 Å². The van der Waals surface area contributed by atoms with Crippen molar-refractivity contribution >= 4 is 11.6 Å². The van der Waals surface area contributed by atoms with Crippen LogP contribution in [0.4, 0.5) is 0 Å². The van der Waals surface area contributed by atoms with Gasteiger partial charge in [-0.3, -0.25) is 0 Å². The van der Waals surface area contributed by atoms with Crippen molar-refractivity contribution in [2.75, 3.05) is 7.11 Å². The fourth-order valence-corrected chi connectivity index (χ4v) is 2.07. The summed E-state index contributed by atoms with van der Waals surface area (Å²) in [6, 6.07) is 10.3. The second kappa shape index (κ2) is 6.50. The molecule has 0 spiro atoms. The van der Waals surface area contributed by atoms with Gasteiger partial charge in [-0.15, -0.1) is 0 Å². The SMILES string of the molecule is COc1cc(Cl)cc(CN)c1OCc1ccc(O)cc1. The van der Waals surface area contributed by atoms with Gasteiger partial charge in [0.25, 0.3) is 0 Å². The van der Waals surface area contributed by atoms with Crippen LogP contribution in [-0.4, -0.2) is 12.2 Å². The number of phenolic OH excluding ortho intramolecular Hbond substituents is 1. The van der Waals surface area contributed by atoms with E-state index < -0.39 is 0 Å². The molecule has 0 aromatic heterocycles. The van der Waals surface area contributed by atoms with Crippen molar-refractivity contribution in [2.24, 2.45) is 5.73 Å². The number of benzene rings is 2. The third-order valence-electron chi connectivity index (χ3n) is 2.86. The zero-order valence-electron chi connectivity index (χ0n) is 11.1. The minimum absolute atomic E-state index is 0.223. The molecule has 0 aliphatic rings. The zero-order valence-corrected chi connectivity index (χ0v) is 11.9. The Morgan fingerprint density at radius 3 is 2.50 bits per heavy atom. The van der Waals surface area contributed by atoms with Gasteiger partial charge in [-0.05, 0) is 23.8 Å². The summed E-state index contributed by atoms with van der Waals surface area (Å²) in [5, 5.41) is 9.80. The molecule has 5 heteroatoms. The minimum Gasteiger partial charge on any atom is -0.508 e. The van der Waals surface area contributed by atoms with Crippen molar-refractivity contribution in [1.82, 2.24) is 0 Å². The molecule has 0 heterocycles. The van der Waals surface area contributed by atoms with E-state index >= 15 is 0 Å². The normalized spacial score (nSPS) is 10.3. The Morgan fingerprint density at radius 1 is 1.20 bits per heavy atom. The second-order valence-electron chi connectivity index (χ2n) is 4.26. The van der Waals surface area contributed by atoms with E-state index in [-0.39, 0.29) is 5.75 Å². The molecule has 0 atom stereocenters. The van der Waals surface area contributed by atoms with Gasteiger partial charge in [-0.1, -0.05) is 23.7 Å². The number of methoxy groups -OCH3 is 1. The molecule has 0 saturated heterocycles. The first-order valence-corrected chi connectivity index (χ1v) is 6.49. The Morgan fingerprint density at radius 2 is 1.90 bits per heavy atom. The molecule has 3 N–H and O–H groups in total. The average Bonchev–Trinajstić information content (AvgIpc) is 2.46. The summed E-state index contributed by atoms with van der Waals surface area (Å²) in [7, 11) is 1.55. The Balaban J connectivity index is 2.21. The first-order chi connectivity index (χ1) is 9.63. The largest absolute Gasteiger partial charge is 0.508 e. The number of nitrogens with two attached hydrogens (primary N) is 1. The lowest BCUT2D eigenvalue weighted by Gasteiger charge is -2.15. The van der Waals surface area contributed by atoms with Crippen molar-refractivity contribution in [3.63, 3.8) is 0 Å². The number of hydrogen-bond acceptors (Lipinski definition) is 4. The van der Waals surface area contributed by atoms with Crippen LogP contribution in [0.1, 0.15) is 11.1 Å². The second-order valence-corrected chi connectivity index (χ2v) is 4.69. The quantitative estimate of drug-likeness (QED) is 0.889. The molecule has 0 saturated carbocycles. The minimum atomic E-state index is 0.223. The van der Waals surface area contributed by atoms with Crippen molar-refractivity contribution in [2.45, 2.75) is 13.2 Å². The molecule has 0 unspecified atom stereocenters. The maximum atomic E-state index is 9.24. The van der Waals surface area contributed by atoms with Gasteiger partial charge in [0.1, 0.15) is 12.4 Å². The summed E-state index contributed by atoms with van der Waals surface area (Å²) < 4.78 is 11.1. The van der Waals surface area contributed by atoms with E-state index in [1.165, 1.54) is 0 Å². The van der Waals surface area contributed by atoms with Crippen LogP contribution >= 0.6 is 11.6 Å². The molecule has 0 fully saturated rings. The van der Waals surface area contributed by atoms with Crippen LogP contribution in [0.25, 0.3) is 0 Å². The van der Waals surface area contributed by atoms with Crippen molar-refractivity contribution in [3.8, 4) is 17.2 Å². The number of rotatable bonds is 5. The molecule has 0 amide bonds. The monoisotopic (exact) mass is 293 g/mol. The third kappa shape index (κ3) is 3.35. The number of aromatic hydroxyl groups is 1. The summed E-state index contributed by atoms with van der Waals surface area (Å²) in [5.41, 5.74) is 7.42. The summed E-state index contributed by atoms with van der Waals surface area (Å²) in [6.07, 6.45) is 0. The van der Waals surface area contributed by atoms with E-state index in [0.717, 1.165) is 11.1 Å². The predicted molar refractivity (Wildman–Crippen MR) is 78.3 cm³/mol. The smallest absolute Gasteiger partial charge is 0.166 e. The predicted octanol–water partition coefficient (Wildman–Crippen LogP) is 3.09. The lowest BCUT2D eigenvalue weighted by molar-refractivity contribution is 0.281. The van der Waals surface area contributed by atoms with Gasteiger partial charge in [-0.2, -0.15) is 0 Å². The fraction of sp³-hybridized carbons (Fsp3) is 0.200. The van der Waals surface area contributed by atoms with Crippen LogP contribution < -0.4 is 15.2 Å². The summed E-state index contributed by atoms with van der Waals surface area (Å²) >= 11 is 6.00. The summed E-state index contributed by atoms with van der Waals surface area (Å²) in [6.45, 7) is 0.660. The summed E-state index contributed by atoms with van der Waals surface area (Å²) in [4.78, 5) is 0. The Labute approximate surface area is 122 Å². The van der Waals surface area contributed by atoms with Crippen LogP contribution in [0.3, 0.4) is 0 Å². The van der Waals surface area contributed by atoms with Crippen LogP contribution in [0, 0.1) is 0 Å². The van der Waals surface area contributed by atoms with E-state index in [2.05, 4.69) is 0 Å². The zero-order chi connectivity index (χ0) is 14.5. The maximum absolute atomic E-state index is 9.24. The number of hydrogen-bond donors (Lipinski definition) is 2. The van der Waals surface area contributed by atoms with E-state index in [1.54, 1.807) is 43.5 Å². The van der Waals surface area contributed by atoms with Crippen LogP contribution in [0.5, 0.6) is 17.2 Å². The van der Waals surface area contributed by atoms with Gasteiger partial charge in [0.05, 0.1) is 7.11 Å². The molecule has 4 nitrogen and oxygen atoms in total. The molecule has 106 valence electrons. The number of halogens is 1. The molecule has 2 aromatic carbocycles. The average molecular weight is 294 g/mol. The van der Waals surface area contributed by atoms with Crippen LogP contribution in [-0.2, 0) is 13.2 Å². The van der Waals surface area contributed by atoms with Crippen molar-refractivity contribution < 1.29 is 14.6 Å². The van der Waals surface area contributed by atoms with E-state index in [4.69, 9.17) is 26.8 Å². The molecule has 2 rings (SSSR count). The third-order valence-corrected chi connectivity index (χ3v) is 3.07. The molecule has 2 aromatic rings. The number of ether oxygens (including phenoxy) is 2. The fourth-order valence-electron chi connectivity index (χ4n) is 1.84. The topological polar surface area (TPSA) is 64.7 Å². The van der Waals surface area contributed by atoms with Gasteiger partial charge < -0.3 is 20.3 Å². The lowest BCUT2D eigenvalue weighted by Crippen LogP contribution is -2.04. The molecule has 0 bridgehead atoms.